The molecular weight excluding hydrogens is 288 g/mol. The first-order chi connectivity index (χ1) is 10.1. The fraction of sp³-hybridized carbons (Fsp3) is 0.933. The van der Waals surface area contributed by atoms with Crippen LogP contribution in [0.25, 0.3) is 0 Å². The van der Waals surface area contributed by atoms with Gasteiger partial charge in [-0.25, -0.2) is 12.7 Å². The molecule has 0 bridgehead atoms. The molecule has 2 aliphatic heterocycles. The van der Waals surface area contributed by atoms with Crippen LogP contribution in [0.5, 0.6) is 0 Å². The van der Waals surface area contributed by atoms with Crippen molar-refractivity contribution in [2.45, 2.75) is 56.6 Å². The molecule has 0 spiro atoms. The summed E-state index contributed by atoms with van der Waals surface area (Å²) in [7, 11) is -3.21. The minimum Gasteiger partial charge on any atom is -0.341 e. The van der Waals surface area contributed by atoms with Crippen LogP contribution in [0, 0.1) is 5.92 Å². The molecule has 21 heavy (non-hydrogen) atoms. The van der Waals surface area contributed by atoms with Gasteiger partial charge in [0.25, 0.3) is 0 Å². The molecule has 1 unspecified atom stereocenters. The van der Waals surface area contributed by atoms with E-state index in [1.54, 1.807) is 4.31 Å². The molecule has 0 aromatic heterocycles. The van der Waals surface area contributed by atoms with Crippen molar-refractivity contribution in [1.82, 2.24) is 9.21 Å². The van der Waals surface area contributed by atoms with E-state index in [1.807, 2.05) is 4.90 Å². The summed E-state index contributed by atoms with van der Waals surface area (Å²) in [5.74, 6) is 0.354. The number of carbonyl (C=O) groups excluding carboxylic acids is 1. The Morgan fingerprint density at radius 1 is 0.857 bits per heavy atom. The van der Waals surface area contributed by atoms with Gasteiger partial charge in [0.1, 0.15) is 0 Å². The maximum absolute atomic E-state index is 12.7. The van der Waals surface area contributed by atoms with Gasteiger partial charge in [-0.05, 0) is 38.5 Å². The van der Waals surface area contributed by atoms with Crippen LogP contribution >= 0.6 is 0 Å². The second-order valence-corrected chi connectivity index (χ2v) is 8.89. The number of sulfonamides is 1. The second-order valence-electron chi connectivity index (χ2n) is 6.68. The average Bonchev–Trinajstić information content (AvgIpc) is 3.19. The summed E-state index contributed by atoms with van der Waals surface area (Å²) in [6.07, 6.45) is 7.70. The molecule has 0 radical (unpaired) electrons. The van der Waals surface area contributed by atoms with Crippen molar-refractivity contribution in [3.8, 4) is 0 Å². The van der Waals surface area contributed by atoms with Crippen LogP contribution in [-0.2, 0) is 14.8 Å². The highest BCUT2D eigenvalue weighted by molar-refractivity contribution is 7.89. The molecule has 0 N–H and O–H groups in total. The SMILES string of the molecule is O=C(C1CCCC1)N1CCCC(S(=O)(=O)N2CCCC2)C1. The molecule has 1 atom stereocenters. The average molecular weight is 314 g/mol. The Bertz CT molecular complexity index is 479. The zero-order valence-electron chi connectivity index (χ0n) is 12.7. The van der Waals surface area contributed by atoms with Gasteiger partial charge in [-0.3, -0.25) is 4.79 Å². The number of hydrogen-bond acceptors (Lipinski definition) is 3. The Balaban J connectivity index is 1.66. The number of piperidine rings is 1. The Morgan fingerprint density at radius 3 is 2.19 bits per heavy atom. The first-order valence-corrected chi connectivity index (χ1v) is 9.87. The Kier molecular flexibility index (Phi) is 4.54. The van der Waals surface area contributed by atoms with Gasteiger partial charge in [-0.15, -0.1) is 0 Å². The first-order valence-electron chi connectivity index (χ1n) is 8.37. The van der Waals surface area contributed by atoms with Crippen molar-refractivity contribution in [1.29, 1.82) is 0 Å². The highest BCUT2D eigenvalue weighted by Crippen LogP contribution is 2.29. The zero-order chi connectivity index (χ0) is 14.9. The van der Waals surface area contributed by atoms with Crippen molar-refractivity contribution >= 4 is 15.9 Å². The topological polar surface area (TPSA) is 57.7 Å². The summed E-state index contributed by atoms with van der Waals surface area (Å²) < 4.78 is 27.0. The lowest BCUT2D eigenvalue weighted by atomic mass is 10.0. The third-order valence-corrected chi connectivity index (χ3v) is 7.55. The molecule has 3 rings (SSSR count). The molecule has 6 heteroatoms. The van der Waals surface area contributed by atoms with E-state index in [2.05, 4.69) is 0 Å². The molecule has 5 nitrogen and oxygen atoms in total. The molecule has 0 aromatic rings. The Morgan fingerprint density at radius 2 is 1.52 bits per heavy atom. The van der Waals surface area contributed by atoms with Crippen molar-refractivity contribution in [3.05, 3.63) is 0 Å². The van der Waals surface area contributed by atoms with Crippen LogP contribution in [0.15, 0.2) is 0 Å². The fourth-order valence-corrected chi connectivity index (χ4v) is 5.99. The monoisotopic (exact) mass is 314 g/mol. The minimum atomic E-state index is -3.21. The van der Waals surface area contributed by atoms with Gasteiger partial charge in [0.2, 0.25) is 15.9 Å². The van der Waals surface area contributed by atoms with Gasteiger partial charge in [-0.1, -0.05) is 12.8 Å². The van der Waals surface area contributed by atoms with Crippen LogP contribution in [0.4, 0.5) is 0 Å². The Hall–Kier alpha value is -0.620. The van der Waals surface area contributed by atoms with Crippen LogP contribution in [-0.4, -0.2) is 55.0 Å². The highest BCUT2D eigenvalue weighted by Gasteiger charge is 2.39. The molecule has 2 heterocycles. The van der Waals surface area contributed by atoms with E-state index in [4.69, 9.17) is 0 Å². The molecule has 3 fully saturated rings. The van der Waals surface area contributed by atoms with Crippen LogP contribution in [0.3, 0.4) is 0 Å². The summed E-state index contributed by atoms with van der Waals surface area (Å²) in [6, 6.07) is 0. The zero-order valence-corrected chi connectivity index (χ0v) is 13.5. The largest absolute Gasteiger partial charge is 0.341 e. The third-order valence-electron chi connectivity index (χ3n) is 5.24. The van der Waals surface area contributed by atoms with Crippen molar-refractivity contribution in [2.24, 2.45) is 5.92 Å². The lowest BCUT2D eigenvalue weighted by Gasteiger charge is -2.35. The summed E-state index contributed by atoms with van der Waals surface area (Å²) in [6.45, 7) is 2.47. The van der Waals surface area contributed by atoms with Gasteiger partial charge in [-0.2, -0.15) is 0 Å². The summed E-state index contributed by atoms with van der Waals surface area (Å²) in [5.41, 5.74) is 0. The molecule has 1 amide bonds. The highest BCUT2D eigenvalue weighted by atomic mass is 32.2. The minimum absolute atomic E-state index is 0.151. The van der Waals surface area contributed by atoms with E-state index >= 15 is 0 Å². The van der Waals surface area contributed by atoms with Gasteiger partial charge < -0.3 is 4.90 Å². The summed E-state index contributed by atoms with van der Waals surface area (Å²) in [5, 5.41) is -0.380. The molecule has 2 saturated heterocycles. The van der Waals surface area contributed by atoms with E-state index in [0.717, 1.165) is 51.5 Å². The summed E-state index contributed by atoms with van der Waals surface area (Å²) >= 11 is 0. The van der Waals surface area contributed by atoms with Crippen molar-refractivity contribution in [2.75, 3.05) is 26.2 Å². The fourth-order valence-electron chi connectivity index (χ4n) is 3.97. The first kappa shape index (κ1) is 15.3. The van der Waals surface area contributed by atoms with Gasteiger partial charge >= 0.3 is 0 Å². The predicted molar refractivity (Wildman–Crippen MR) is 81.3 cm³/mol. The van der Waals surface area contributed by atoms with E-state index in [9.17, 15) is 13.2 Å². The molecule has 120 valence electrons. The Labute approximate surface area is 127 Å². The van der Waals surface area contributed by atoms with E-state index in [1.165, 1.54) is 0 Å². The molecule has 3 aliphatic rings. The van der Waals surface area contributed by atoms with Crippen LogP contribution < -0.4 is 0 Å². The molecule has 1 aliphatic carbocycles. The summed E-state index contributed by atoms with van der Waals surface area (Å²) in [4.78, 5) is 14.3. The van der Waals surface area contributed by atoms with Gasteiger partial charge in [0, 0.05) is 32.1 Å². The van der Waals surface area contributed by atoms with Gasteiger partial charge in [0.05, 0.1) is 5.25 Å². The number of hydrogen-bond donors (Lipinski definition) is 0. The van der Waals surface area contributed by atoms with E-state index in [-0.39, 0.29) is 17.1 Å². The maximum atomic E-state index is 12.7. The lowest BCUT2D eigenvalue weighted by molar-refractivity contribution is -0.136. The quantitative estimate of drug-likeness (QED) is 0.795. The van der Waals surface area contributed by atoms with Crippen molar-refractivity contribution < 1.29 is 13.2 Å². The number of rotatable bonds is 3. The molecular formula is C15H26N2O3S. The van der Waals surface area contributed by atoms with E-state index < -0.39 is 10.0 Å². The van der Waals surface area contributed by atoms with Gasteiger partial charge in [0.15, 0.2) is 0 Å². The lowest BCUT2D eigenvalue weighted by Crippen LogP contribution is -2.50. The number of carbonyl (C=O) groups is 1. The molecule has 0 aromatic carbocycles. The third kappa shape index (κ3) is 3.11. The standard InChI is InChI=1S/C15H26N2O3S/c18-15(13-6-1-2-7-13)16-9-5-8-14(12-16)21(19,20)17-10-3-4-11-17/h13-14H,1-12H2. The second kappa shape index (κ2) is 6.24. The van der Waals surface area contributed by atoms with Crippen molar-refractivity contribution in [3.63, 3.8) is 0 Å². The van der Waals surface area contributed by atoms with Crippen LogP contribution in [0.2, 0.25) is 0 Å². The number of nitrogens with zero attached hydrogens (tertiary/aromatic N) is 2. The van der Waals surface area contributed by atoms with Crippen LogP contribution in [0.1, 0.15) is 51.4 Å². The molecule has 1 saturated carbocycles. The van der Waals surface area contributed by atoms with E-state index in [0.29, 0.717) is 26.1 Å². The number of likely N-dealkylation sites (tertiary alicyclic amines) is 1. The smallest absolute Gasteiger partial charge is 0.225 e. The maximum Gasteiger partial charge on any atom is 0.225 e. The number of amides is 1. The normalized spacial score (nSPS) is 29.1. The predicted octanol–water partition coefficient (Wildman–Crippen LogP) is 1.59.